The van der Waals surface area contributed by atoms with Gasteiger partial charge in [-0.2, -0.15) is 0 Å². The van der Waals surface area contributed by atoms with Gasteiger partial charge in [-0.05, 0) is 30.3 Å². The molecule has 1 unspecified atom stereocenters. The van der Waals surface area contributed by atoms with Gasteiger partial charge in [0.1, 0.15) is 11.5 Å². The number of halogens is 1. The predicted molar refractivity (Wildman–Crippen MR) is 76.1 cm³/mol. The highest BCUT2D eigenvalue weighted by molar-refractivity contribution is 7.84. The van der Waals surface area contributed by atoms with Crippen molar-refractivity contribution in [3.05, 3.63) is 60.3 Å². The van der Waals surface area contributed by atoms with Crippen LogP contribution in [-0.4, -0.2) is 13.6 Å². The van der Waals surface area contributed by atoms with E-state index in [-0.39, 0.29) is 11.4 Å². The monoisotopic (exact) mass is 289 g/mol. The molecular formula is C14H12FN3OS. The molecule has 102 valence electrons. The van der Waals surface area contributed by atoms with Gasteiger partial charge in [0, 0.05) is 23.0 Å². The highest BCUT2D eigenvalue weighted by Gasteiger charge is 2.10. The van der Waals surface area contributed by atoms with Crippen LogP contribution in [0.3, 0.4) is 0 Å². The van der Waals surface area contributed by atoms with Crippen LogP contribution < -0.4 is 5.73 Å². The second-order valence-corrected chi connectivity index (χ2v) is 5.86. The fraction of sp³-hybridized carbons (Fsp3) is 0.0714. The molecule has 2 heterocycles. The van der Waals surface area contributed by atoms with Crippen molar-refractivity contribution in [3.8, 4) is 0 Å². The summed E-state index contributed by atoms with van der Waals surface area (Å²) in [5.74, 6) is -0.256. The summed E-state index contributed by atoms with van der Waals surface area (Å²) in [4.78, 5) is 4.74. The molecular weight excluding hydrogens is 277 g/mol. The standard InChI is InChI=1S/C14H12FN3OS/c15-10-5-11(16)7-13(6-10)20(19)9-12-8-18-4-2-1-3-14(18)17-12/h1-8H,9,16H2. The van der Waals surface area contributed by atoms with E-state index in [2.05, 4.69) is 4.98 Å². The van der Waals surface area contributed by atoms with Gasteiger partial charge < -0.3 is 10.1 Å². The van der Waals surface area contributed by atoms with Gasteiger partial charge in [-0.3, -0.25) is 4.21 Å². The normalized spacial score (nSPS) is 12.7. The first-order chi connectivity index (χ1) is 9.61. The molecule has 3 rings (SSSR count). The zero-order valence-corrected chi connectivity index (χ0v) is 11.3. The lowest BCUT2D eigenvalue weighted by molar-refractivity contribution is 0.623. The zero-order valence-electron chi connectivity index (χ0n) is 10.5. The molecule has 0 amide bonds. The van der Waals surface area contributed by atoms with Gasteiger partial charge in [-0.1, -0.05) is 6.07 Å². The third kappa shape index (κ3) is 2.55. The highest BCUT2D eigenvalue weighted by atomic mass is 32.2. The fourth-order valence-corrected chi connectivity index (χ4v) is 3.08. The summed E-state index contributed by atoms with van der Waals surface area (Å²) >= 11 is 0. The lowest BCUT2D eigenvalue weighted by Gasteiger charge is -2.02. The Hall–Kier alpha value is -2.21. The first kappa shape index (κ1) is 12.8. The highest BCUT2D eigenvalue weighted by Crippen LogP contribution is 2.17. The third-order valence-electron chi connectivity index (χ3n) is 2.85. The van der Waals surface area contributed by atoms with E-state index in [0.717, 1.165) is 5.65 Å². The molecule has 3 aromatic rings. The summed E-state index contributed by atoms with van der Waals surface area (Å²) in [7, 11) is -1.38. The van der Waals surface area contributed by atoms with Crippen LogP contribution in [0.4, 0.5) is 10.1 Å². The summed E-state index contributed by atoms with van der Waals surface area (Å²) in [6.45, 7) is 0. The number of hydrogen-bond donors (Lipinski definition) is 1. The number of fused-ring (bicyclic) bond motifs is 1. The van der Waals surface area contributed by atoms with Crippen LogP contribution in [0.15, 0.2) is 53.7 Å². The lowest BCUT2D eigenvalue weighted by Crippen LogP contribution is -1.99. The topological polar surface area (TPSA) is 60.4 Å². The quantitative estimate of drug-likeness (QED) is 0.753. The van der Waals surface area contributed by atoms with E-state index in [1.165, 1.54) is 18.2 Å². The van der Waals surface area contributed by atoms with Gasteiger partial charge in [-0.25, -0.2) is 9.37 Å². The SMILES string of the molecule is Nc1cc(F)cc(S(=O)Cc2cn3ccccc3n2)c1. The van der Waals surface area contributed by atoms with Crippen molar-refractivity contribution < 1.29 is 8.60 Å². The van der Waals surface area contributed by atoms with Crippen LogP contribution in [0.1, 0.15) is 5.69 Å². The van der Waals surface area contributed by atoms with E-state index in [1.54, 1.807) is 0 Å². The number of imidazole rings is 1. The first-order valence-corrected chi connectivity index (χ1v) is 7.31. The average molecular weight is 289 g/mol. The second kappa shape index (κ2) is 5.05. The number of rotatable bonds is 3. The minimum Gasteiger partial charge on any atom is -0.399 e. The molecule has 0 bridgehead atoms. The Balaban J connectivity index is 1.88. The molecule has 2 N–H and O–H groups in total. The maximum absolute atomic E-state index is 13.3. The average Bonchev–Trinajstić information content (AvgIpc) is 2.79. The molecule has 0 saturated carbocycles. The molecule has 1 atom stereocenters. The third-order valence-corrected chi connectivity index (χ3v) is 4.17. The number of hydrogen-bond acceptors (Lipinski definition) is 3. The Morgan fingerprint density at radius 3 is 2.90 bits per heavy atom. The molecule has 0 spiro atoms. The maximum Gasteiger partial charge on any atom is 0.137 e. The smallest absolute Gasteiger partial charge is 0.137 e. The lowest BCUT2D eigenvalue weighted by atomic mass is 10.3. The molecule has 20 heavy (non-hydrogen) atoms. The zero-order chi connectivity index (χ0) is 14.1. The van der Waals surface area contributed by atoms with Crippen molar-refractivity contribution in [3.63, 3.8) is 0 Å². The van der Waals surface area contributed by atoms with Crippen molar-refractivity contribution in [2.24, 2.45) is 0 Å². The number of aromatic nitrogens is 2. The summed E-state index contributed by atoms with van der Waals surface area (Å²) in [6.07, 6.45) is 3.69. The maximum atomic E-state index is 13.3. The van der Waals surface area contributed by atoms with E-state index in [9.17, 15) is 8.60 Å². The largest absolute Gasteiger partial charge is 0.399 e. The molecule has 2 aromatic heterocycles. The number of nitrogens with zero attached hydrogens (tertiary/aromatic N) is 2. The van der Waals surface area contributed by atoms with E-state index >= 15 is 0 Å². The number of benzene rings is 1. The van der Waals surface area contributed by atoms with Gasteiger partial charge in [0.05, 0.1) is 22.2 Å². The van der Waals surface area contributed by atoms with Crippen molar-refractivity contribution in [2.75, 3.05) is 5.73 Å². The fourth-order valence-electron chi connectivity index (χ4n) is 1.99. The molecule has 4 nitrogen and oxygen atoms in total. The summed E-state index contributed by atoms with van der Waals surface area (Å²) < 4.78 is 27.3. The second-order valence-electron chi connectivity index (χ2n) is 4.41. The van der Waals surface area contributed by atoms with Crippen LogP contribution in [0.25, 0.3) is 5.65 Å². The predicted octanol–water partition coefficient (Wildman–Crippen LogP) is 2.36. The van der Waals surface area contributed by atoms with Gasteiger partial charge in [0.2, 0.25) is 0 Å². The molecule has 0 radical (unpaired) electrons. The molecule has 1 aromatic carbocycles. The van der Waals surface area contributed by atoms with Crippen molar-refractivity contribution in [1.82, 2.24) is 9.38 Å². The Morgan fingerprint density at radius 1 is 1.30 bits per heavy atom. The van der Waals surface area contributed by atoms with Crippen LogP contribution in [0, 0.1) is 5.82 Å². The molecule has 0 fully saturated rings. The van der Waals surface area contributed by atoms with Crippen LogP contribution in [-0.2, 0) is 16.6 Å². The van der Waals surface area contributed by atoms with Gasteiger partial charge in [-0.15, -0.1) is 0 Å². The number of nitrogens with two attached hydrogens (primary N) is 1. The van der Waals surface area contributed by atoms with E-state index < -0.39 is 16.6 Å². The van der Waals surface area contributed by atoms with Gasteiger partial charge in [0.15, 0.2) is 0 Å². The molecule has 0 aliphatic heterocycles. The van der Waals surface area contributed by atoms with Crippen molar-refractivity contribution >= 4 is 22.1 Å². The van der Waals surface area contributed by atoms with Crippen molar-refractivity contribution in [1.29, 1.82) is 0 Å². The van der Waals surface area contributed by atoms with Gasteiger partial charge >= 0.3 is 0 Å². The van der Waals surface area contributed by atoms with E-state index in [4.69, 9.17) is 5.73 Å². The number of anilines is 1. The summed E-state index contributed by atoms with van der Waals surface area (Å²) in [5.41, 5.74) is 7.31. The Labute approximate surface area is 117 Å². The summed E-state index contributed by atoms with van der Waals surface area (Å²) in [5, 5.41) is 0. The van der Waals surface area contributed by atoms with Crippen molar-refractivity contribution in [2.45, 2.75) is 10.6 Å². The van der Waals surface area contributed by atoms with Gasteiger partial charge in [0.25, 0.3) is 0 Å². The minimum absolute atomic E-state index is 0.227. The molecule has 0 aliphatic rings. The Morgan fingerprint density at radius 2 is 2.15 bits per heavy atom. The summed E-state index contributed by atoms with van der Waals surface area (Å²) in [6, 6.07) is 9.61. The number of pyridine rings is 1. The Bertz CT molecular complexity index is 747. The number of nitrogen functional groups attached to an aromatic ring is 1. The van der Waals surface area contributed by atoms with E-state index in [0.29, 0.717) is 10.6 Å². The molecule has 6 heteroatoms. The molecule has 0 saturated heterocycles. The van der Waals surface area contributed by atoms with Crippen LogP contribution >= 0.6 is 0 Å². The molecule has 0 aliphatic carbocycles. The van der Waals surface area contributed by atoms with Crippen LogP contribution in [0.5, 0.6) is 0 Å². The first-order valence-electron chi connectivity index (χ1n) is 5.99. The minimum atomic E-state index is -1.38. The van der Waals surface area contributed by atoms with E-state index in [1.807, 2.05) is 35.0 Å². The van der Waals surface area contributed by atoms with Crippen LogP contribution in [0.2, 0.25) is 0 Å². The Kier molecular flexibility index (Phi) is 3.23.